The average Bonchev–Trinajstić information content (AvgIpc) is 3.26. The molecule has 3 rings (SSSR count). The van der Waals surface area contributed by atoms with Crippen LogP contribution in [0.25, 0.3) is 0 Å². The van der Waals surface area contributed by atoms with Gasteiger partial charge in [-0.1, -0.05) is 27.2 Å². The lowest BCUT2D eigenvalue weighted by Crippen LogP contribution is -2.53. The zero-order valence-corrected chi connectivity index (χ0v) is 16.4. The lowest BCUT2D eigenvalue weighted by atomic mass is 9.88. The van der Waals surface area contributed by atoms with E-state index in [1.54, 1.807) is 4.90 Å². The van der Waals surface area contributed by atoms with Crippen molar-refractivity contribution in [2.24, 2.45) is 4.99 Å². The normalized spacial score (nSPS) is 22.2. The van der Waals surface area contributed by atoms with Crippen LogP contribution in [0.2, 0.25) is 0 Å². The Morgan fingerprint density at radius 1 is 1.08 bits per heavy atom. The van der Waals surface area contributed by atoms with Gasteiger partial charge in [-0.15, -0.1) is 0 Å². The first-order chi connectivity index (χ1) is 12.1. The van der Waals surface area contributed by atoms with Crippen molar-refractivity contribution < 1.29 is 9.59 Å². The first kappa shape index (κ1) is 19.7. The number of carbonyl (C=O) groups excluding carboxylic acids is 2. The van der Waals surface area contributed by atoms with Crippen LogP contribution >= 0.6 is 0 Å². The van der Waals surface area contributed by atoms with Gasteiger partial charge >= 0.3 is 6.03 Å². The highest BCUT2D eigenvalue weighted by atomic mass is 16.2. The molecule has 1 spiro atoms. The smallest absolute Gasteiger partial charge is 0.320 e. The number of likely N-dealkylation sites (N-methyl/N-ethyl adjacent to an activating group) is 1. The van der Waals surface area contributed by atoms with E-state index in [0.717, 1.165) is 51.0 Å². The molecule has 2 fully saturated rings. The van der Waals surface area contributed by atoms with E-state index >= 15 is 0 Å². The monoisotopic (exact) mass is 350 g/mol. The molecule has 3 aliphatic heterocycles. The molecule has 0 bridgehead atoms. The van der Waals surface area contributed by atoms with E-state index in [9.17, 15) is 9.59 Å². The summed E-state index contributed by atoms with van der Waals surface area (Å²) in [6.07, 6.45) is 6.57. The van der Waals surface area contributed by atoms with Gasteiger partial charge in [-0.05, 0) is 32.1 Å². The van der Waals surface area contributed by atoms with Crippen molar-refractivity contribution in [2.75, 3.05) is 33.2 Å². The zero-order chi connectivity index (χ0) is 18.4. The molecular formula is C19H34N4O2. The fraction of sp³-hybridized carbons (Fsp3) is 0.842. The number of hydrogen-bond acceptors (Lipinski definition) is 3. The van der Waals surface area contributed by atoms with Crippen LogP contribution in [0.5, 0.6) is 0 Å². The molecule has 0 aliphatic carbocycles. The minimum absolute atomic E-state index is 0.122. The summed E-state index contributed by atoms with van der Waals surface area (Å²) >= 11 is 0. The second-order valence-corrected chi connectivity index (χ2v) is 6.99. The Bertz CT molecular complexity index is 504. The van der Waals surface area contributed by atoms with Crippen LogP contribution in [0.4, 0.5) is 4.79 Å². The molecule has 0 N–H and O–H groups in total. The van der Waals surface area contributed by atoms with Crippen LogP contribution < -0.4 is 0 Å². The largest absolute Gasteiger partial charge is 0.325 e. The number of amides is 3. The summed E-state index contributed by atoms with van der Waals surface area (Å²) in [5.74, 6) is 1.05. The molecule has 0 atom stereocenters. The van der Waals surface area contributed by atoms with Crippen LogP contribution in [-0.4, -0.2) is 71.2 Å². The summed E-state index contributed by atoms with van der Waals surface area (Å²) in [6, 6.07) is 0.145. The molecule has 0 unspecified atom stereocenters. The molecule has 6 heteroatoms. The molecule has 2 saturated heterocycles. The van der Waals surface area contributed by atoms with Gasteiger partial charge in [0.2, 0.25) is 0 Å². The summed E-state index contributed by atoms with van der Waals surface area (Å²) in [7, 11) is 1.84. The number of likely N-dealkylation sites (tertiary alicyclic amines) is 2. The van der Waals surface area contributed by atoms with Gasteiger partial charge in [0.15, 0.2) is 0 Å². The summed E-state index contributed by atoms with van der Waals surface area (Å²) < 4.78 is 0. The van der Waals surface area contributed by atoms with Gasteiger partial charge in [0.25, 0.3) is 5.91 Å². The molecule has 0 saturated carbocycles. The Balaban J connectivity index is 0.00000109. The van der Waals surface area contributed by atoms with Crippen molar-refractivity contribution in [3.63, 3.8) is 0 Å². The Morgan fingerprint density at radius 3 is 2.20 bits per heavy atom. The summed E-state index contributed by atoms with van der Waals surface area (Å²) in [5, 5.41) is 0. The van der Waals surface area contributed by atoms with E-state index in [2.05, 4.69) is 6.92 Å². The van der Waals surface area contributed by atoms with Crippen molar-refractivity contribution in [1.29, 1.82) is 0 Å². The summed E-state index contributed by atoms with van der Waals surface area (Å²) in [4.78, 5) is 35.6. The highest BCUT2D eigenvalue weighted by Gasteiger charge is 2.49. The minimum Gasteiger partial charge on any atom is -0.325 e. The lowest BCUT2D eigenvalue weighted by molar-refractivity contribution is -0.131. The van der Waals surface area contributed by atoms with Crippen LogP contribution in [-0.2, 0) is 4.79 Å². The summed E-state index contributed by atoms with van der Waals surface area (Å²) in [5.41, 5.74) is -0.598. The molecule has 0 aromatic rings. The maximum atomic E-state index is 12.7. The van der Waals surface area contributed by atoms with Gasteiger partial charge in [-0.25, -0.2) is 4.79 Å². The fourth-order valence-corrected chi connectivity index (χ4v) is 3.86. The molecule has 3 aliphatic rings. The van der Waals surface area contributed by atoms with Crippen molar-refractivity contribution >= 4 is 17.8 Å². The number of piperidine rings is 1. The van der Waals surface area contributed by atoms with E-state index in [0.29, 0.717) is 25.9 Å². The predicted octanol–water partition coefficient (Wildman–Crippen LogP) is 3.12. The van der Waals surface area contributed by atoms with Crippen LogP contribution in [0.3, 0.4) is 0 Å². The van der Waals surface area contributed by atoms with Crippen molar-refractivity contribution in [2.45, 2.75) is 71.3 Å². The number of nitrogens with zero attached hydrogens (tertiary/aromatic N) is 4. The third-order valence-corrected chi connectivity index (χ3v) is 5.42. The molecular weight excluding hydrogens is 316 g/mol. The number of aliphatic imine (C=N–C) groups is 1. The van der Waals surface area contributed by atoms with Crippen LogP contribution in [0.15, 0.2) is 4.99 Å². The van der Waals surface area contributed by atoms with Crippen molar-refractivity contribution in [1.82, 2.24) is 14.7 Å². The maximum absolute atomic E-state index is 12.7. The quantitative estimate of drug-likeness (QED) is 0.785. The first-order valence-electron chi connectivity index (χ1n) is 9.98. The number of rotatable bonds is 3. The number of carbonyl (C=O) groups is 2. The molecule has 25 heavy (non-hydrogen) atoms. The highest BCUT2D eigenvalue weighted by molar-refractivity contribution is 6.08. The molecule has 142 valence electrons. The van der Waals surface area contributed by atoms with Gasteiger partial charge in [-0.2, -0.15) is 0 Å². The molecule has 3 heterocycles. The first-order valence-corrected chi connectivity index (χ1v) is 9.98. The van der Waals surface area contributed by atoms with E-state index in [1.165, 1.54) is 0 Å². The molecule has 0 aromatic carbocycles. The number of amidine groups is 1. The maximum Gasteiger partial charge on any atom is 0.320 e. The number of urea groups is 1. The van der Waals surface area contributed by atoms with Crippen LogP contribution in [0, 0.1) is 0 Å². The molecule has 3 amide bonds. The highest BCUT2D eigenvalue weighted by Crippen LogP contribution is 2.34. The van der Waals surface area contributed by atoms with Crippen LogP contribution in [0.1, 0.15) is 65.7 Å². The predicted molar refractivity (Wildman–Crippen MR) is 101 cm³/mol. The second kappa shape index (κ2) is 8.68. The van der Waals surface area contributed by atoms with Crippen molar-refractivity contribution in [3.8, 4) is 0 Å². The van der Waals surface area contributed by atoms with Gasteiger partial charge in [0.1, 0.15) is 11.4 Å². The molecule has 0 radical (unpaired) electrons. The Morgan fingerprint density at radius 2 is 1.64 bits per heavy atom. The Kier molecular flexibility index (Phi) is 6.85. The van der Waals surface area contributed by atoms with E-state index in [1.807, 2.05) is 30.7 Å². The average molecular weight is 351 g/mol. The number of hydrogen-bond donors (Lipinski definition) is 0. The van der Waals surface area contributed by atoms with E-state index < -0.39 is 5.54 Å². The van der Waals surface area contributed by atoms with Crippen molar-refractivity contribution in [3.05, 3.63) is 0 Å². The standard InChI is InChI=1S/C17H28N4O2.C2H6/c1-3-4-7-14-18-17(15(22)19(14)2)8-12-21(13-9-17)16(23)20-10-5-6-11-20;1-2/h3-13H2,1-2H3;1-2H3. The third kappa shape index (κ3) is 3.98. The van der Waals surface area contributed by atoms with Gasteiger partial charge in [-0.3, -0.25) is 9.79 Å². The number of unbranched alkanes of at least 4 members (excludes halogenated alkanes) is 1. The summed E-state index contributed by atoms with van der Waals surface area (Å²) in [6.45, 7) is 9.18. The fourth-order valence-electron chi connectivity index (χ4n) is 3.86. The third-order valence-electron chi connectivity index (χ3n) is 5.42. The molecule has 0 aromatic heterocycles. The van der Waals surface area contributed by atoms with Gasteiger partial charge < -0.3 is 14.7 Å². The van der Waals surface area contributed by atoms with E-state index in [4.69, 9.17) is 4.99 Å². The topological polar surface area (TPSA) is 56.2 Å². The zero-order valence-electron chi connectivity index (χ0n) is 16.4. The Hall–Kier alpha value is -1.59. The Labute approximate surface area is 152 Å². The van der Waals surface area contributed by atoms with E-state index in [-0.39, 0.29) is 11.9 Å². The minimum atomic E-state index is -0.598. The SMILES string of the molecule is CC.CCCCC1=NC2(CCN(C(=O)N3CCCC3)CC2)C(=O)N1C. The van der Waals surface area contributed by atoms with Gasteiger partial charge in [0.05, 0.1) is 0 Å². The second-order valence-electron chi connectivity index (χ2n) is 6.99. The van der Waals surface area contributed by atoms with Gasteiger partial charge in [0, 0.05) is 39.6 Å². The lowest BCUT2D eigenvalue weighted by Gasteiger charge is -2.37. The molecule has 6 nitrogen and oxygen atoms in total.